The number of esters is 1. The maximum absolute atomic E-state index is 13.4. The molecule has 9 nitrogen and oxygen atoms in total. The maximum atomic E-state index is 13.4. The molecule has 2 aromatic heterocycles. The molecule has 0 aliphatic carbocycles. The molecule has 2 aliphatic heterocycles. The highest BCUT2D eigenvalue weighted by atomic mass is 16.5. The number of pyridine rings is 1. The topological polar surface area (TPSA) is 98.9 Å². The van der Waals surface area contributed by atoms with Crippen molar-refractivity contribution in [2.75, 3.05) is 25.2 Å². The lowest BCUT2D eigenvalue weighted by molar-refractivity contribution is 0.0600. The zero-order chi connectivity index (χ0) is 25.4. The minimum absolute atomic E-state index is 0.294. The second kappa shape index (κ2) is 9.56. The highest BCUT2D eigenvalue weighted by molar-refractivity contribution is 6.13. The molecule has 0 radical (unpaired) electrons. The predicted molar refractivity (Wildman–Crippen MR) is 136 cm³/mol. The van der Waals surface area contributed by atoms with Crippen molar-refractivity contribution in [3.8, 4) is 17.1 Å². The van der Waals surface area contributed by atoms with Crippen LogP contribution in [0.1, 0.15) is 51.7 Å². The van der Waals surface area contributed by atoms with Crippen LogP contribution in [0, 0.1) is 12.8 Å². The van der Waals surface area contributed by atoms with E-state index in [0.29, 0.717) is 59.7 Å². The van der Waals surface area contributed by atoms with E-state index in [1.807, 2.05) is 26.1 Å². The first kappa shape index (κ1) is 23.7. The van der Waals surface area contributed by atoms with Gasteiger partial charge in [0.25, 0.3) is 5.91 Å². The van der Waals surface area contributed by atoms with Gasteiger partial charge in [-0.05, 0) is 55.5 Å². The van der Waals surface area contributed by atoms with Crippen LogP contribution in [0.15, 0.2) is 41.5 Å². The Bertz CT molecular complexity index is 1380. The highest BCUT2D eigenvalue weighted by Crippen LogP contribution is 2.33. The predicted octanol–water partition coefficient (Wildman–Crippen LogP) is 3.99. The molecule has 0 saturated carbocycles. The van der Waals surface area contributed by atoms with E-state index < -0.39 is 5.97 Å². The highest BCUT2D eigenvalue weighted by Gasteiger charge is 2.29. The summed E-state index contributed by atoms with van der Waals surface area (Å²) in [6.07, 6.45) is 4.00. The van der Waals surface area contributed by atoms with Gasteiger partial charge in [0, 0.05) is 37.0 Å². The quantitative estimate of drug-likeness (QED) is 0.479. The van der Waals surface area contributed by atoms with Crippen molar-refractivity contribution in [3.63, 3.8) is 0 Å². The Morgan fingerprint density at radius 3 is 2.86 bits per heavy atom. The van der Waals surface area contributed by atoms with Crippen LogP contribution in [0.2, 0.25) is 0 Å². The summed E-state index contributed by atoms with van der Waals surface area (Å²) in [7, 11) is 3.20. The monoisotopic (exact) mass is 487 g/mol. The number of methoxy groups -OCH3 is 1. The van der Waals surface area contributed by atoms with Gasteiger partial charge in [-0.2, -0.15) is 10.1 Å². The third kappa shape index (κ3) is 4.48. The molecule has 5 rings (SSSR count). The summed E-state index contributed by atoms with van der Waals surface area (Å²) in [5, 5.41) is 4.35. The van der Waals surface area contributed by atoms with Gasteiger partial charge in [0.1, 0.15) is 5.84 Å². The van der Waals surface area contributed by atoms with Gasteiger partial charge < -0.3 is 14.4 Å². The van der Waals surface area contributed by atoms with Crippen LogP contribution in [-0.4, -0.2) is 52.7 Å². The van der Waals surface area contributed by atoms with Crippen molar-refractivity contribution < 1.29 is 19.1 Å². The summed E-state index contributed by atoms with van der Waals surface area (Å²) < 4.78 is 12.7. The van der Waals surface area contributed by atoms with Gasteiger partial charge in [0.2, 0.25) is 5.88 Å². The van der Waals surface area contributed by atoms with Crippen molar-refractivity contribution >= 4 is 23.4 Å². The molecule has 0 N–H and O–H groups in total. The van der Waals surface area contributed by atoms with E-state index in [9.17, 15) is 9.59 Å². The van der Waals surface area contributed by atoms with E-state index in [0.717, 1.165) is 29.7 Å². The zero-order valence-electron chi connectivity index (χ0n) is 20.9. The minimum atomic E-state index is -0.392. The lowest BCUT2D eigenvalue weighted by atomic mass is 10.0. The molecule has 0 unspecified atom stereocenters. The summed E-state index contributed by atoms with van der Waals surface area (Å²) in [5.74, 6) is 0.870. The number of aliphatic imine (C=N–C) groups is 1. The third-order valence-corrected chi connectivity index (χ3v) is 6.62. The molecule has 0 fully saturated rings. The van der Waals surface area contributed by atoms with Gasteiger partial charge in [-0.25, -0.2) is 9.48 Å². The summed E-state index contributed by atoms with van der Waals surface area (Å²) in [4.78, 5) is 36.9. The van der Waals surface area contributed by atoms with Gasteiger partial charge >= 0.3 is 5.97 Å². The van der Waals surface area contributed by atoms with Gasteiger partial charge in [-0.15, -0.1) is 0 Å². The standard InChI is InChI=1S/C27H29N5O4/c1-16-6-5-9-36-26-21(14-28-31(26)3)22-11-20(10-17(2)29-22)25(33)30-24-13-18-7-8-19(27(34)35-4)12-23(18)32(24)15-16/h7-8,10-12,14,16H,5-6,9,13,15H2,1-4H3/t16-/m1/s1. The number of carbonyl (C=O) groups is 2. The number of fused-ring (bicyclic) bond motifs is 7. The number of rotatable bonds is 1. The number of carbonyl (C=O) groups excluding carboxylic acids is 2. The summed E-state index contributed by atoms with van der Waals surface area (Å²) >= 11 is 0. The number of ether oxygens (including phenoxy) is 2. The number of aryl methyl sites for hydroxylation is 2. The molecule has 4 heterocycles. The molecule has 36 heavy (non-hydrogen) atoms. The molecule has 0 spiro atoms. The van der Waals surface area contributed by atoms with Crippen LogP contribution in [-0.2, 0) is 18.2 Å². The number of amidine groups is 1. The van der Waals surface area contributed by atoms with Crippen LogP contribution in [0.4, 0.5) is 5.69 Å². The van der Waals surface area contributed by atoms with Crippen molar-refractivity contribution in [1.29, 1.82) is 0 Å². The van der Waals surface area contributed by atoms with E-state index in [4.69, 9.17) is 9.47 Å². The molecule has 1 atom stereocenters. The van der Waals surface area contributed by atoms with Crippen LogP contribution >= 0.6 is 0 Å². The molecule has 3 aromatic rings. The first-order chi connectivity index (χ1) is 17.3. The third-order valence-electron chi connectivity index (χ3n) is 6.62. The summed E-state index contributed by atoms with van der Waals surface area (Å²) in [5.41, 5.74) is 4.92. The Morgan fingerprint density at radius 1 is 1.22 bits per heavy atom. The first-order valence-electron chi connectivity index (χ1n) is 12.1. The van der Waals surface area contributed by atoms with Gasteiger partial charge in [-0.1, -0.05) is 13.0 Å². The van der Waals surface area contributed by atoms with E-state index in [-0.39, 0.29) is 5.91 Å². The number of anilines is 1. The smallest absolute Gasteiger partial charge is 0.337 e. The Hall–Kier alpha value is -4.01. The lowest BCUT2D eigenvalue weighted by Gasteiger charge is -2.24. The number of hydrogen-bond acceptors (Lipinski definition) is 7. The molecule has 1 amide bonds. The molecule has 0 saturated heterocycles. The van der Waals surface area contributed by atoms with Gasteiger partial charge in [-0.3, -0.25) is 9.78 Å². The molecular formula is C27H29N5O4. The fraction of sp³-hybridized carbons (Fsp3) is 0.370. The Morgan fingerprint density at radius 2 is 2.06 bits per heavy atom. The second-order valence-electron chi connectivity index (χ2n) is 9.42. The average Bonchev–Trinajstić information content (AvgIpc) is 3.39. The molecule has 186 valence electrons. The Labute approximate surface area is 209 Å². The van der Waals surface area contributed by atoms with Crippen molar-refractivity contribution in [1.82, 2.24) is 14.8 Å². The second-order valence-corrected chi connectivity index (χ2v) is 9.42. The number of amides is 1. The number of hydrogen-bond donors (Lipinski definition) is 0. The summed E-state index contributed by atoms with van der Waals surface area (Å²) in [6.45, 7) is 5.23. The normalized spacial score (nSPS) is 17.7. The van der Waals surface area contributed by atoms with E-state index in [1.54, 1.807) is 29.1 Å². The number of aromatic nitrogens is 3. The van der Waals surface area contributed by atoms with E-state index in [1.165, 1.54) is 7.11 Å². The molecular weight excluding hydrogens is 458 g/mol. The van der Waals surface area contributed by atoms with E-state index >= 15 is 0 Å². The van der Waals surface area contributed by atoms with Crippen molar-refractivity contribution in [3.05, 3.63) is 58.9 Å². The van der Waals surface area contributed by atoms with Gasteiger partial charge in [0.15, 0.2) is 0 Å². The van der Waals surface area contributed by atoms with Crippen LogP contribution < -0.4 is 9.64 Å². The zero-order valence-corrected chi connectivity index (χ0v) is 20.9. The van der Waals surface area contributed by atoms with Crippen LogP contribution in [0.5, 0.6) is 5.88 Å². The maximum Gasteiger partial charge on any atom is 0.337 e. The largest absolute Gasteiger partial charge is 0.477 e. The fourth-order valence-electron chi connectivity index (χ4n) is 4.81. The van der Waals surface area contributed by atoms with Crippen LogP contribution in [0.3, 0.4) is 0 Å². The first-order valence-corrected chi connectivity index (χ1v) is 12.1. The molecule has 2 bridgehead atoms. The summed E-state index contributed by atoms with van der Waals surface area (Å²) in [6, 6.07) is 8.99. The average molecular weight is 488 g/mol. The molecule has 9 heteroatoms. The molecule has 2 aliphatic rings. The lowest BCUT2D eigenvalue weighted by Crippen LogP contribution is -2.32. The fourth-order valence-corrected chi connectivity index (χ4v) is 4.81. The SMILES string of the molecule is COC(=O)c1ccc2c(c1)N1C[C@H](C)CCCOc3c(cnn3C)-c3cc(cc(C)n3)C(=O)N=C1C2. The Balaban J connectivity index is 1.59. The van der Waals surface area contributed by atoms with E-state index in [2.05, 4.69) is 26.9 Å². The Kier molecular flexibility index (Phi) is 6.30. The molecule has 1 aromatic carbocycles. The number of nitrogens with zero attached hydrogens (tertiary/aromatic N) is 5. The van der Waals surface area contributed by atoms with Gasteiger partial charge in [0.05, 0.1) is 36.7 Å². The van der Waals surface area contributed by atoms with Crippen LogP contribution in [0.25, 0.3) is 11.3 Å². The minimum Gasteiger partial charge on any atom is -0.477 e. The number of benzene rings is 1. The van der Waals surface area contributed by atoms with Crippen molar-refractivity contribution in [2.45, 2.75) is 33.1 Å². The van der Waals surface area contributed by atoms with Crippen molar-refractivity contribution in [2.24, 2.45) is 18.0 Å².